The maximum atomic E-state index is 13.3. The molecule has 2 N–H and O–H groups in total. The van der Waals surface area contributed by atoms with Crippen LogP contribution in [0.1, 0.15) is 44.5 Å². The Bertz CT molecular complexity index is 1400. The third-order valence-electron chi connectivity index (χ3n) is 6.15. The van der Waals surface area contributed by atoms with Gasteiger partial charge in [0, 0.05) is 27.9 Å². The molecule has 0 bridgehead atoms. The highest BCUT2D eigenvalue weighted by atomic mass is 35.5. The molecule has 0 spiro atoms. The van der Waals surface area contributed by atoms with Gasteiger partial charge in [-0.05, 0) is 61.9 Å². The van der Waals surface area contributed by atoms with Crippen molar-refractivity contribution >= 4 is 34.0 Å². The minimum absolute atomic E-state index is 0.268. The minimum atomic E-state index is -0.302. The van der Waals surface area contributed by atoms with Crippen molar-refractivity contribution in [3.05, 3.63) is 81.3 Å². The van der Waals surface area contributed by atoms with Crippen molar-refractivity contribution in [2.75, 3.05) is 12.4 Å². The van der Waals surface area contributed by atoms with Crippen molar-refractivity contribution in [3.63, 3.8) is 0 Å². The zero-order chi connectivity index (χ0) is 24.5. The summed E-state index contributed by atoms with van der Waals surface area (Å²) in [4.78, 5) is 27.6. The number of rotatable bonds is 5. The van der Waals surface area contributed by atoms with Gasteiger partial charge >= 0.3 is 0 Å². The van der Waals surface area contributed by atoms with Crippen molar-refractivity contribution < 1.29 is 14.6 Å². The number of aromatic nitrogens is 3. The van der Waals surface area contributed by atoms with Crippen LogP contribution in [0.25, 0.3) is 11.1 Å². The third-order valence-corrected chi connectivity index (χ3v) is 7.40. The number of nitrogens with zero attached hydrogens (tertiary/aromatic N) is 3. The molecule has 0 aliphatic heterocycles. The van der Waals surface area contributed by atoms with Crippen LogP contribution in [0, 0.1) is 6.92 Å². The van der Waals surface area contributed by atoms with Crippen LogP contribution in [-0.4, -0.2) is 33.1 Å². The zero-order valence-electron chi connectivity index (χ0n) is 19.2. The van der Waals surface area contributed by atoms with Crippen molar-refractivity contribution in [3.8, 4) is 22.6 Å². The predicted octanol–water partition coefficient (Wildman–Crippen LogP) is 5.80. The molecule has 1 amide bonds. The van der Waals surface area contributed by atoms with Gasteiger partial charge in [0.1, 0.15) is 16.7 Å². The van der Waals surface area contributed by atoms with Gasteiger partial charge in [0.2, 0.25) is 0 Å². The summed E-state index contributed by atoms with van der Waals surface area (Å²) in [5, 5.41) is 13.4. The van der Waals surface area contributed by atoms with Crippen LogP contribution in [0.5, 0.6) is 11.5 Å². The predicted molar refractivity (Wildman–Crippen MR) is 137 cm³/mol. The monoisotopic (exact) mass is 506 g/mol. The summed E-state index contributed by atoms with van der Waals surface area (Å²) in [7, 11) is 1.55. The second-order valence-electron chi connectivity index (χ2n) is 8.45. The Labute approximate surface area is 211 Å². The lowest BCUT2D eigenvalue weighted by atomic mass is 9.85. The van der Waals surface area contributed by atoms with Crippen LogP contribution < -0.4 is 10.1 Å². The summed E-state index contributed by atoms with van der Waals surface area (Å²) in [5.41, 5.74) is 4.71. The first-order chi connectivity index (χ1) is 16.9. The van der Waals surface area contributed by atoms with Crippen LogP contribution >= 0.6 is 22.9 Å². The van der Waals surface area contributed by atoms with E-state index in [1.165, 1.54) is 28.0 Å². The summed E-state index contributed by atoms with van der Waals surface area (Å²) in [6, 6.07) is 10.9. The van der Waals surface area contributed by atoms with Gasteiger partial charge < -0.3 is 9.84 Å². The molecule has 5 rings (SSSR count). The number of aromatic hydroxyl groups is 1. The van der Waals surface area contributed by atoms with Crippen molar-refractivity contribution in [1.29, 1.82) is 0 Å². The van der Waals surface area contributed by atoms with E-state index in [4.69, 9.17) is 21.3 Å². The summed E-state index contributed by atoms with van der Waals surface area (Å²) in [5.74, 6) is 0.844. The maximum absolute atomic E-state index is 13.3. The van der Waals surface area contributed by atoms with Gasteiger partial charge in [0.25, 0.3) is 5.91 Å². The fourth-order valence-corrected chi connectivity index (χ4v) is 5.62. The van der Waals surface area contributed by atoms with E-state index in [0.717, 1.165) is 30.7 Å². The molecule has 3 heterocycles. The highest BCUT2D eigenvalue weighted by molar-refractivity contribution is 7.15. The van der Waals surface area contributed by atoms with Gasteiger partial charge in [-0.25, -0.2) is 9.97 Å². The minimum Gasteiger partial charge on any atom is -0.508 e. The number of ether oxygens (including phenoxy) is 1. The highest BCUT2D eigenvalue weighted by Crippen LogP contribution is 2.38. The number of halogens is 1. The number of anilines is 1. The van der Waals surface area contributed by atoms with Crippen LogP contribution in [0.4, 0.5) is 5.13 Å². The molecule has 4 aromatic rings. The van der Waals surface area contributed by atoms with E-state index in [0.29, 0.717) is 38.6 Å². The van der Waals surface area contributed by atoms with Gasteiger partial charge in [0.15, 0.2) is 5.13 Å². The average molecular weight is 507 g/mol. The number of methoxy groups -OCH3 is 1. The Morgan fingerprint density at radius 3 is 2.74 bits per heavy atom. The lowest BCUT2D eigenvalue weighted by molar-refractivity contribution is 0.102. The van der Waals surface area contributed by atoms with Crippen molar-refractivity contribution in [1.82, 2.24) is 15.0 Å². The normalized spacial score (nSPS) is 14.9. The van der Waals surface area contributed by atoms with Crippen LogP contribution in [0.3, 0.4) is 0 Å². The van der Waals surface area contributed by atoms with E-state index >= 15 is 0 Å². The van der Waals surface area contributed by atoms with Crippen LogP contribution in [-0.2, 0) is 12.8 Å². The van der Waals surface area contributed by atoms with Gasteiger partial charge in [-0.3, -0.25) is 15.1 Å². The average Bonchev–Trinajstić information content (AvgIpc) is 3.25. The molecular formula is C26H23ClN4O3S. The maximum Gasteiger partial charge on any atom is 0.259 e. The molecule has 1 aromatic carbocycles. The number of amides is 1. The molecule has 3 aromatic heterocycles. The molecule has 0 saturated heterocycles. The molecule has 1 aliphatic rings. The molecule has 1 unspecified atom stereocenters. The van der Waals surface area contributed by atoms with Gasteiger partial charge in [-0.2, -0.15) is 0 Å². The number of phenolic OH excluding ortho intramolecular Hbond substituents is 1. The smallest absolute Gasteiger partial charge is 0.259 e. The Kier molecular flexibility index (Phi) is 6.40. The van der Waals surface area contributed by atoms with E-state index in [1.807, 2.05) is 25.1 Å². The highest BCUT2D eigenvalue weighted by Gasteiger charge is 2.25. The van der Waals surface area contributed by atoms with Crippen LogP contribution in [0.15, 0.2) is 48.8 Å². The number of carbonyl (C=O) groups excluding carboxylic acids is 1. The quantitative estimate of drug-likeness (QED) is 0.332. The first-order valence-electron chi connectivity index (χ1n) is 11.2. The number of hydrogen-bond donors (Lipinski definition) is 2. The summed E-state index contributed by atoms with van der Waals surface area (Å²) in [6.45, 7) is 1.86. The van der Waals surface area contributed by atoms with Gasteiger partial charge in [0.05, 0.1) is 24.6 Å². The number of aryl methyl sites for hydroxylation is 2. The molecular weight excluding hydrogens is 484 g/mol. The molecule has 0 radical (unpaired) electrons. The molecule has 1 aliphatic carbocycles. The van der Waals surface area contributed by atoms with E-state index < -0.39 is 0 Å². The van der Waals surface area contributed by atoms with Crippen molar-refractivity contribution in [2.45, 2.75) is 32.1 Å². The SMILES string of the molecule is COc1cnc(Cl)cc1-c1cc(C)ncc1C(=O)Nc1nc2c(s1)CC(c1ccc(O)cc1)CC2. The number of phenols is 1. The molecule has 35 heavy (non-hydrogen) atoms. The largest absolute Gasteiger partial charge is 0.508 e. The van der Waals surface area contributed by atoms with Crippen LogP contribution in [0.2, 0.25) is 5.15 Å². The van der Waals surface area contributed by atoms with E-state index in [1.54, 1.807) is 31.5 Å². The van der Waals surface area contributed by atoms with E-state index in [-0.39, 0.29) is 11.7 Å². The number of thiazole rings is 1. The molecule has 178 valence electrons. The fourth-order valence-electron chi connectivity index (χ4n) is 4.38. The summed E-state index contributed by atoms with van der Waals surface area (Å²) >= 11 is 7.65. The Morgan fingerprint density at radius 2 is 1.97 bits per heavy atom. The first kappa shape index (κ1) is 23.3. The molecule has 0 saturated carbocycles. The van der Waals surface area contributed by atoms with Gasteiger partial charge in [-0.1, -0.05) is 23.7 Å². The molecule has 9 heteroatoms. The summed E-state index contributed by atoms with van der Waals surface area (Å²) < 4.78 is 5.46. The number of carbonyl (C=O) groups is 1. The molecule has 7 nitrogen and oxygen atoms in total. The zero-order valence-corrected chi connectivity index (χ0v) is 20.8. The Balaban J connectivity index is 1.40. The standard InChI is InChI=1S/C26H23ClN4O3S/c1-14-9-18(19-11-24(27)29-13-22(19)34-2)20(12-28-14)25(33)31-26-30-21-8-5-16(10-23(21)35-26)15-3-6-17(32)7-4-15/h3-4,6-7,9,11-13,16,32H,5,8,10H2,1-2H3,(H,30,31,33). The van der Waals surface area contributed by atoms with Gasteiger partial charge in [-0.15, -0.1) is 11.3 Å². The third kappa shape index (κ3) is 4.85. The number of nitrogens with one attached hydrogen (secondary N) is 1. The second kappa shape index (κ2) is 9.64. The van der Waals surface area contributed by atoms with Crippen molar-refractivity contribution in [2.24, 2.45) is 0 Å². The first-order valence-corrected chi connectivity index (χ1v) is 12.4. The Morgan fingerprint density at radius 1 is 1.17 bits per heavy atom. The summed E-state index contributed by atoms with van der Waals surface area (Å²) in [6.07, 6.45) is 5.77. The number of pyridine rings is 2. The Hall–Kier alpha value is -3.49. The topological polar surface area (TPSA) is 97.2 Å². The van der Waals surface area contributed by atoms with E-state index in [2.05, 4.69) is 15.3 Å². The number of fused-ring (bicyclic) bond motifs is 1. The fraction of sp³-hybridized carbons (Fsp3) is 0.231. The lowest BCUT2D eigenvalue weighted by Gasteiger charge is -2.21. The number of benzene rings is 1. The lowest BCUT2D eigenvalue weighted by Crippen LogP contribution is -2.14. The van der Waals surface area contributed by atoms with E-state index in [9.17, 15) is 9.90 Å². The number of hydrogen-bond acceptors (Lipinski definition) is 7. The second-order valence-corrected chi connectivity index (χ2v) is 9.92. The molecule has 0 fully saturated rings. The molecule has 1 atom stereocenters.